The first kappa shape index (κ1) is 42.2. The van der Waals surface area contributed by atoms with E-state index in [-0.39, 0.29) is 94.2 Å². The van der Waals surface area contributed by atoms with Crippen molar-refractivity contribution in [3.63, 3.8) is 0 Å². The number of benzene rings is 14. The van der Waals surface area contributed by atoms with Crippen molar-refractivity contribution >= 4 is 123 Å². The largest absolute Gasteiger partial charge is 0.311 e. The molecule has 5 heterocycles. The van der Waals surface area contributed by atoms with E-state index in [1.54, 1.807) is 54.6 Å². The van der Waals surface area contributed by atoms with Gasteiger partial charge in [0.1, 0.15) is 0 Å². The fourth-order valence-corrected chi connectivity index (χ4v) is 15.4. The van der Waals surface area contributed by atoms with Crippen LogP contribution in [-0.2, 0) is 10.8 Å². The van der Waals surface area contributed by atoms with Gasteiger partial charge in [-0.05, 0) is 176 Å². The molecular formula is C94H68BN7. The van der Waals surface area contributed by atoms with Crippen LogP contribution in [0.25, 0.3) is 116 Å². The van der Waals surface area contributed by atoms with Crippen molar-refractivity contribution < 1.29 is 28.8 Å². The van der Waals surface area contributed by atoms with Gasteiger partial charge >= 0.3 is 0 Å². The zero-order valence-corrected chi connectivity index (χ0v) is 56.0. The Morgan fingerprint density at radius 2 is 0.784 bits per heavy atom. The highest BCUT2D eigenvalue weighted by molar-refractivity contribution is 7.00. The third-order valence-electron chi connectivity index (χ3n) is 20.1. The van der Waals surface area contributed by atoms with Crippen molar-refractivity contribution in [1.82, 2.24) is 13.7 Å². The number of anilines is 6. The van der Waals surface area contributed by atoms with Crippen molar-refractivity contribution in [1.29, 1.82) is 10.5 Å². The van der Waals surface area contributed by atoms with E-state index >= 15 is 0 Å². The summed E-state index contributed by atoms with van der Waals surface area (Å²) in [6.45, 7) is 11.5. The van der Waals surface area contributed by atoms with E-state index in [0.717, 1.165) is 33.0 Å². The van der Waals surface area contributed by atoms with Gasteiger partial charge < -0.3 is 23.5 Å². The molecule has 17 aromatic rings. The molecule has 0 spiro atoms. The van der Waals surface area contributed by atoms with Gasteiger partial charge in [0.25, 0.3) is 6.71 Å². The summed E-state index contributed by atoms with van der Waals surface area (Å²) in [5, 5.41) is 23.0. The summed E-state index contributed by atoms with van der Waals surface area (Å²) in [6, 6.07) is 46.1. The zero-order chi connectivity index (χ0) is 87.1. The Labute approximate surface area is 623 Å². The maximum atomic E-state index is 11.9. The molecule has 2 aliphatic heterocycles. The van der Waals surface area contributed by atoms with Crippen LogP contribution in [0.1, 0.15) is 92.6 Å². The SMILES string of the molecule is [2H]c1c([2H])c([2H])c(-c2ccc3c(c2)N(c2c(-c4ccccc4)cc(C(C)(C)C)cc2-c2ccccc2)c2cc(-n4c5c([2H])c([2H])c([2H])c([2H])c5c5c([2H])c([2H])c([2H])c([2H])c54)cc4c2B3c2ccc(-n3c5c([2H])c([2H])c([2H])c([2H])c5c5c([2H])c([2H])c([2H])c([2H])c53)cc2N4c2cc(C#N)cc(-n3c4ccc(C#N)cc4c4cc(C(C)(C)C)ccc43)c2)c([2H])c1[2H]. The smallest absolute Gasteiger partial charge is 0.252 e. The normalized spacial score (nSPS) is 15.6. The third kappa shape index (κ3) is 9.33. The first-order chi connectivity index (χ1) is 58.5. The number of hydrogen-bond donors (Lipinski definition) is 0. The third-order valence-corrected chi connectivity index (χ3v) is 20.1. The van der Waals surface area contributed by atoms with Crippen LogP contribution < -0.4 is 26.2 Å². The lowest BCUT2D eigenvalue weighted by atomic mass is 9.33. The monoisotopic (exact) mass is 1330 g/mol. The molecule has 0 unspecified atom stereocenters. The van der Waals surface area contributed by atoms with Gasteiger partial charge in [-0.3, -0.25) is 0 Å². The molecule has 19 rings (SSSR count). The Morgan fingerprint density at radius 1 is 0.324 bits per heavy atom. The number of rotatable bonds is 8. The first-order valence-electron chi connectivity index (χ1n) is 44.0. The van der Waals surface area contributed by atoms with Crippen LogP contribution >= 0.6 is 0 Å². The van der Waals surface area contributed by atoms with Crippen molar-refractivity contribution in [2.24, 2.45) is 0 Å². The van der Waals surface area contributed by atoms with Gasteiger partial charge in [0, 0.05) is 83.3 Å². The predicted octanol–water partition coefficient (Wildman–Crippen LogP) is 22.4. The molecule has 0 bridgehead atoms. The summed E-state index contributed by atoms with van der Waals surface area (Å²) in [4.78, 5) is 3.91. The quantitative estimate of drug-likeness (QED) is 0.142. The molecule has 0 fully saturated rings. The second-order valence-electron chi connectivity index (χ2n) is 28.0. The number of nitriles is 2. The summed E-state index contributed by atoms with van der Waals surface area (Å²) in [5.41, 5.74) is 8.72. The minimum atomic E-state index is -1.05. The molecule has 0 radical (unpaired) electrons. The molecule has 482 valence electrons. The van der Waals surface area contributed by atoms with Gasteiger partial charge in [0.15, 0.2) is 0 Å². The second-order valence-corrected chi connectivity index (χ2v) is 28.0. The molecule has 0 N–H and O–H groups in total. The number of fused-ring (bicyclic) bond motifs is 13. The van der Waals surface area contributed by atoms with Gasteiger partial charge in [-0.15, -0.1) is 0 Å². The molecule has 3 aromatic heterocycles. The molecule has 8 heteroatoms. The lowest BCUT2D eigenvalue weighted by Gasteiger charge is -2.45. The Morgan fingerprint density at radius 3 is 1.34 bits per heavy atom. The maximum absolute atomic E-state index is 11.9. The van der Waals surface area contributed by atoms with E-state index in [9.17, 15) is 32.5 Å². The van der Waals surface area contributed by atoms with Crippen LogP contribution in [0.2, 0.25) is 0 Å². The Hall–Kier alpha value is -12.9. The zero-order valence-electron chi connectivity index (χ0n) is 77.0. The highest BCUT2D eigenvalue weighted by atomic mass is 15.2. The number of hydrogen-bond acceptors (Lipinski definition) is 4. The van der Waals surface area contributed by atoms with Crippen LogP contribution in [0.4, 0.5) is 34.1 Å². The molecule has 0 amide bonds. The topological polar surface area (TPSA) is 68.8 Å². The summed E-state index contributed by atoms with van der Waals surface area (Å²) >= 11 is 0. The second kappa shape index (κ2) is 22.8. The van der Waals surface area contributed by atoms with E-state index in [4.69, 9.17) is 6.85 Å². The number of para-hydroxylation sites is 4. The van der Waals surface area contributed by atoms with Crippen molar-refractivity contribution in [3.8, 4) is 62.6 Å². The molecule has 102 heavy (non-hydrogen) atoms. The molecule has 14 aromatic carbocycles. The number of aromatic nitrogens is 3. The van der Waals surface area contributed by atoms with Crippen molar-refractivity contribution in [2.75, 3.05) is 9.80 Å². The Balaban J connectivity index is 1.06. The fourth-order valence-electron chi connectivity index (χ4n) is 15.4. The molecule has 0 aliphatic carbocycles. The average Bonchev–Trinajstić information content (AvgIpc) is 1.67. The minimum Gasteiger partial charge on any atom is -0.311 e. The van der Waals surface area contributed by atoms with Gasteiger partial charge in [0.2, 0.25) is 0 Å². The predicted molar refractivity (Wildman–Crippen MR) is 427 cm³/mol. The van der Waals surface area contributed by atoms with Crippen LogP contribution in [0, 0.1) is 22.7 Å². The van der Waals surface area contributed by atoms with E-state index in [1.807, 2.05) is 117 Å². The van der Waals surface area contributed by atoms with Crippen LogP contribution in [0.3, 0.4) is 0 Å². The van der Waals surface area contributed by atoms with E-state index in [1.165, 1.54) is 9.13 Å². The molecule has 7 nitrogen and oxygen atoms in total. The highest BCUT2D eigenvalue weighted by Crippen LogP contribution is 2.54. The van der Waals surface area contributed by atoms with Crippen LogP contribution in [0.5, 0.6) is 0 Å². The first-order valence-corrected chi connectivity index (χ1v) is 33.5. The Bertz CT molecular complexity index is 7540. The van der Waals surface area contributed by atoms with Crippen molar-refractivity contribution in [2.45, 2.75) is 52.4 Å². The maximum Gasteiger partial charge on any atom is 0.252 e. The molecule has 0 atom stereocenters. The van der Waals surface area contributed by atoms with E-state index in [2.05, 4.69) is 71.9 Å². The molecule has 0 saturated carbocycles. The van der Waals surface area contributed by atoms with Crippen molar-refractivity contribution in [3.05, 3.63) is 325 Å². The molecule has 2 aliphatic rings. The summed E-state index contributed by atoms with van der Waals surface area (Å²) < 4.78 is 204. The van der Waals surface area contributed by atoms with Gasteiger partial charge in [-0.25, -0.2) is 0 Å². The molecular weight excluding hydrogens is 1240 g/mol. The van der Waals surface area contributed by atoms with E-state index < -0.39 is 139 Å². The van der Waals surface area contributed by atoms with Gasteiger partial charge in [-0.1, -0.05) is 229 Å². The summed E-state index contributed by atoms with van der Waals surface area (Å²) in [6.07, 6.45) is 0. The van der Waals surface area contributed by atoms with Crippen LogP contribution in [0.15, 0.2) is 303 Å². The average molecular weight is 1330 g/mol. The van der Waals surface area contributed by atoms with E-state index in [0.29, 0.717) is 66.9 Å². The Kier molecular flexibility index (Phi) is 9.44. The lowest BCUT2D eigenvalue weighted by molar-refractivity contribution is 0.590. The summed E-state index contributed by atoms with van der Waals surface area (Å²) in [7, 11) is 0. The molecule has 0 saturated heterocycles. The van der Waals surface area contributed by atoms with Gasteiger partial charge in [0.05, 0.1) is 96.5 Å². The minimum absolute atomic E-state index is 0.0302. The van der Waals surface area contributed by atoms with Gasteiger partial charge in [-0.2, -0.15) is 10.5 Å². The van der Waals surface area contributed by atoms with Crippen LogP contribution in [-0.4, -0.2) is 20.4 Å². The fraction of sp³-hybridized carbons (Fsp3) is 0.0851. The summed E-state index contributed by atoms with van der Waals surface area (Å²) in [5.74, 6) is 0. The number of nitrogens with zero attached hydrogens (tertiary/aromatic N) is 7. The lowest BCUT2D eigenvalue weighted by Crippen LogP contribution is -2.61. The highest BCUT2D eigenvalue weighted by Gasteiger charge is 2.46. The standard InChI is InChI=1S/C94H68BN7/c1-93(2,3)65-40-45-86-78(50-65)77-48-59(57-96)38-44-85(77)99(86)68-46-60(58-97)47-69(53-68)101-88-54-67(98-81-34-20-16-30-71(81)72-31-17-21-35-82(72)98)41-43-80(88)95-79-42-39-64(61-24-10-7-11-25-61)49-87(79)102(90-56-70(55-89(101)91(90)95)100-83-36-22-18-32-73(83)74-33-19-23-37-84(74)100)92-75(62-26-12-8-13-27-62)51-66(94(4,5)6)52-76(92)63-28-14-9-15-29-63/h7-56H,1-6H3/i7D,10D,11D,16D,17D,18D,19D,20D,21D,22D,23D,24D,25D,30D,31D,32D,33D,34D,35D,36D,37D.